The predicted octanol–water partition coefficient (Wildman–Crippen LogP) is 3.03. The van der Waals surface area contributed by atoms with Crippen LogP contribution in [0, 0.1) is 17.5 Å². The molecule has 228 valence electrons. The van der Waals surface area contributed by atoms with Gasteiger partial charge in [-0.1, -0.05) is 0 Å². The standard InChI is InChI=1S/C25H32F6N6O4/c1-24(2,3)41-23(40)32-15(8-14-9-17(27)18(28)11-16(14)26)10-21(39)36-7-6-35-13-37(25(29,30)31)33-22(35)19(36)12-20(38)34(4)5/h9,11,15,19H,6-8,10,12-13H2,1-5H3,(H,32,40)/t15-,19?/m1/s1. The van der Waals surface area contributed by atoms with Crippen molar-refractivity contribution in [3.8, 4) is 0 Å². The molecule has 2 atom stereocenters. The van der Waals surface area contributed by atoms with Crippen molar-refractivity contribution in [2.24, 2.45) is 5.10 Å². The third kappa shape index (κ3) is 8.16. The molecule has 0 radical (unpaired) electrons. The highest BCUT2D eigenvalue weighted by atomic mass is 19.4. The molecule has 1 saturated heterocycles. The number of hydrazone groups is 1. The summed E-state index contributed by atoms with van der Waals surface area (Å²) in [5.74, 6) is -5.16. The summed E-state index contributed by atoms with van der Waals surface area (Å²) >= 11 is 0. The second kappa shape index (κ2) is 12.0. The molecular weight excluding hydrogens is 562 g/mol. The number of amides is 3. The lowest BCUT2D eigenvalue weighted by molar-refractivity contribution is -0.247. The fourth-order valence-electron chi connectivity index (χ4n) is 4.39. The number of ether oxygens (including phenoxy) is 1. The van der Waals surface area contributed by atoms with Gasteiger partial charge in [-0.2, -0.15) is 10.1 Å². The predicted molar refractivity (Wildman–Crippen MR) is 134 cm³/mol. The lowest BCUT2D eigenvalue weighted by Crippen LogP contribution is -2.59. The number of alkyl halides is 3. The van der Waals surface area contributed by atoms with E-state index in [2.05, 4.69) is 10.4 Å². The van der Waals surface area contributed by atoms with Gasteiger partial charge in [0.1, 0.15) is 30.0 Å². The summed E-state index contributed by atoms with van der Waals surface area (Å²) in [6.45, 7) is 4.05. The lowest BCUT2D eigenvalue weighted by Gasteiger charge is -2.41. The van der Waals surface area contributed by atoms with Crippen LogP contribution in [-0.2, 0) is 20.7 Å². The Kier molecular flexibility index (Phi) is 9.33. The zero-order valence-electron chi connectivity index (χ0n) is 23.2. The molecule has 10 nitrogen and oxygen atoms in total. The number of benzene rings is 1. The molecule has 0 aliphatic carbocycles. The molecule has 1 N–H and O–H groups in total. The fraction of sp³-hybridized carbons (Fsp3) is 0.600. The van der Waals surface area contributed by atoms with Crippen molar-refractivity contribution in [2.75, 3.05) is 33.9 Å². The monoisotopic (exact) mass is 594 g/mol. The van der Waals surface area contributed by atoms with Gasteiger partial charge in [0.25, 0.3) is 0 Å². The summed E-state index contributed by atoms with van der Waals surface area (Å²) in [4.78, 5) is 42.4. The van der Waals surface area contributed by atoms with Crippen LogP contribution in [-0.4, -0.2) is 101 Å². The summed E-state index contributed by atoms with van der Waals surface area (Å²) in [6, 6.07) is -1.42. The minimum atomic E-state index is -4.79. The van der Waals surface area contributed by atoms with E-state index < -0.39 is 78.9 Å². The van der Waals surface area contributed by atoms with Gasteiger partial charge in [0.15, 0.2) is 11.6 Å². The SMILES string of the molecule is CN(C)C(=O)CC1C2=NN(C(F)(F)F)CN2CCN1C(=O)C[C@@H](Cc1cc(F)c(F)cc1F)NC(=O)OC(C)(C)C. The average Bonchev–Trinajstić information content (AvgIpc) is 3.27. The van der Waals surface area contributed by atoms with Crippen molar-refractivity contribution in [2.45, 2.75) is 64.0 Å². The molecule has 41 heavy (non-hydrogen) atoms. The number of nitrogens with zero attached hydrogens (tertiary/aromatic N) is 5. The van der Waals surface area contributed by atoms with E-state index in [4.69, 9.17) is 4.74 Å². The maximum Gasteiger partial charge on any atom is 0.502 e. The minimum Gasteiger partial charge on any atom is -0.444 e. The van der Waals surface area contributed by atoms with Crippen molar-refractivity contribution in [1.82, 2.24) is 25.0 Å². The number of halogens is 6. The van der Waals surface area contributed by atoms with Crippen LogP contribution < -0.4 is 5.32 Å². The number of rotatable bonds is 7. The Labute approximate surface area is 232 Å². The molecular formula is C25H32F6N6O4. The Morgan fingerprint density at radius 1 is 1.07 bits per heavy atom. The highest BCUT2D eigenvalue weighted by molar-refractivity contribution is 5.96. The summed E-state index contributed by atoms with van der Waals surface area (Å²) < 4.78 is 87.1. The zero-order valence-corrected chi connectivity index (χ0v) is 23.2. The number of amidine groups is 1. The van der Waals surface area contributed by atoms with E-state index in [-0.39, 0.29) is 35.9 Å². The van der Waals surface area contributed by atoms with Gasteiger partial charge in [-0.05, 0) is 38.8 Å². The Morgan fingerprint density at radius 2 is 1.71 bits per heavy atom. The van der Waals surface area contributed by atoms with Crippen molar-refractivity contribution in [3.05, 3.63) is 35.1 Å². The number of piperazine rings is 1. The molecule has 0 spiro atoms. The highest BCUT2D eigenvalue weighted by Gasteiger charge is 2.47. The maximum atomic E-state index is 14.4. The number of fused-ring (bicyclic) bond motifs is 1. The summed E-state index contributed by atoms with van der Waals surface area (Å²) in [7, 11) is 2.90. The van der Waals surface area contributed by atoms with E-state index in [1.807, 2.05) is 0 Å². The molecule has 1 aromatic carbocycles. The van der Waals surface area contributed by atoms with Gasteiger partial charge < -0.3 is 24.8 Å². The van der Waals surface area contributed by atoms with Crippen molar-refractivity contribution in [3.63, 3.8) is 0 Å². The van der Waals surface area contributed by atoms with Crippen LogP contribution >= 0.6 is 0 Å². The van der Waals surface area contributed by atoms with Gasteiger partial charge in [-0.3, -0.25) is 9.59 Å². The van der Waals surface area contributed by atoms with E-state index in [1.165, 1.54) is 28.8 Å². The summed E-state index contributed by atoms with van der Waals surface area (Å²) in [5.41, 5.74) is -1.27. The summed E-state index contributed by atoms with van der Waals surface area (Å²) in [5, 5.41) is 5.98. The van der Waals surface area contributed by atoms with Crippen molar-refractivity contribution >= 4 is 23.7 Å². The largest absolute Gasteiger partial charge is 0.502 e. The van der Waals surface area contributed by atoms with E-state index >= 15 is 0 Å². The van der Waals surface area contributed by atoms with Gasteiger partial charge >= 0.3 is 12.4 Å². The zero-order chi connectivity index (χ0) is 30.9. The van der Waals surface area contributed by atoms with Crippen LogP contribution in [0.3, 0.4) is 0 Å². The molecule has 3 rings (SSSR count). The number of carbonyl (C=O) groups excluding carboxylic acids is 3. The van der Waals surface area contributed by atoms with Crippen molar-refractivity contribution < 1.29 is 45.5 Å². The second-order valence-electron chi connectivity index (χ2n) is 10.9. The first-order valence-electron chi connectivity index (χ1n) is 12.7. The van der Waals surface area contributed by atoms with Gasteiger partial charge in [-0.15, -0.1) is 13.2 Å². The van der Waals surface area contributed by atoms with Gasteiger partial charge in [-0.25, -0.2) is 18.0 Å². The molecule has 1 fully saturated rings. The molecule has 2 aliphatic heterocycles. The molecule has 2 aliphatic rings. The Bertz CT molecular complexity index is 1200. The first-order valence-corrected chi connectivity index (χ1v) is 12.7. The second-order valence-corrected chi connectivity index (χ2v) is 10.9. The average molecular weight is 595 g/mol. The molecule has 3 amide bonds. The smallest absolute Gasteiger partial charge is 0.444 e. The Hall–Kier alpha value is -3.72. The molecule has 2 heterocycles. The van der Waals surface area contributed by atoms with Gasteiger partial charge in [0, 0.05) is 45.7 Å². The van der Waals surface area contributed by atoms with E-state index in [9.17, 15) is 40.7 Å². The Morgan fingerprint density at radius 3 is 2.29 bits per heavy atom. The third-order valence-corrected chi connectivity index (χ3v) is 6.31. The lowest BCUT2D eigenvalue weighted by atomic mass is 10.00. The fourth-order valence-corrected chi connectivity index (χ4v) is 4.39. The van der Waals surface area contributed by atoms with Crippen LogP contribution in [0.4, 0.5) is 31.1 Å². The number of nitrogens with one attached hydrogen (secondary N) is 1. The highest BCUT2D eigenvalue weighted by Crippen LogP contribution is 2.30. The quantitative estimate of drug-likeness (QED) is 0.296. The van der Waals surface area contributed by atoms with E-state index in [0.29, 0.717) is 12.1 Å². The van der Waals surface area contributed by atoms with Crippen LogP contribution in [0.5, 0.6) is 0 Å². The first-order chi connectivity index (χ1) is 18.9. The van der Waals surface area contributed by atoms with Crippen molar-refractivity contribution in [1.29, 1.82) is 0 Å². The number of carbonyl (C=O) groups is 3. The third-order valence-electron chi connectivity index (χ3n) is 6.31. The molecule has 16 heteroatoms. The van der Waals surface area contributed by atoms with Crippen LogP contribution in [0.1, 0.15) is 39.2 Å². The molecule has 0 aromatic heterocycles. The molecule has 0 bridgehead atoms. The van der Waals surface area contributed by atoms with Crippen LogP contribution in [0.25, 0.3) is 0 Å². The normalized spacial score (nSPS) is 18.1. The van der Waals surface area contributed by atoms with E-state index in [0.717, 1.165) is 0 Å². The van der Waals surface area contributed by atoms with Crippen LogP contribution in [0.15, 0.2) is 17.2 Å². The number of alkyl carbamates (subject to hydrolysis) is 1. The first kappa shape index (κ1) is 31.8. The Balaban J connectivity index is 1.90. The maximum absolute atomic E-state index is 14.4. The minimum absolute atomic E-state index is 0.0221. The number of hydrogen-bond acceptors (Lipinski definition) is 7. The van der Waals surface area contributed by atoms with Gasteiger partial charge in [0.05, 0.1) is 6.42 Å². The van der Waals surface area contributed by atoms with Gasteiger partial charge in [0.2, 0.25) is 11.8 Å². The van der Waals surface area contributed by atoms with Crippen LogP contribution in [0.2, 0.25) is 0 Å². The molecule has 1 unspecified atom stereocenters. The topological polar surface area (TPSA) is 97.8 Å². The molecule has 0 saturated carbocycles. The summed E-state index contributed by atoms with van der Waals surface area (Å²) in [6.07, 6.45) is -7.10. The molecule has 1 aromatic rings. The van der Waals surface area contributed by atoms with E-state index in [1.54, 1.807) is 20.8 Å². The number of hydrogen-bond donors (Lipinski definition) is 1.